The zero-order valence-corrected chi connectivity index (χ0v) is 12.3. The van der Waals surface area contributed by atoms with Crippen LogP contribution in [0.5, 0.6) is 0 Å². The van der Waals surface area contributed by atoms with E-state index in [0.717, 1.165) is 17.0 Å². The lowest BCUT2D eigenvalue weighted by molar-refractivity contribution is 1.04. The average molecular weight is 301 g/mol. The summed E-state index contributed by atoms with van der Waals surface area (Å²) >= 11 is 5.97. The van der Waals surface area contributed by atoms with Crippen LogP contribution in [0.3, 0.4) is 0 Å². The highest BCUT2D eigenvalue weighted by Crippen LogP contribution is 2.20. The molecule has 106 valence electrons. The van der Waals surface area contributed by atoms with E-state index >= 15 is 0 Å². The van der Waals surface area contributed by atoms with Gasteiger partial charge in [-0.1, -0.05) is 23.7 Å². The van der Waals surface area contributed by atoms with Gasteiger partial charge in [-0.15, -0.1) is 5.10 Å². The Bertz CT molecular complexity index is 762. The SMILES string of the molecule is Cc1cc(C)nc(Nc2n[nH]c(-c3cccc(Cl)c3)n2)n1. The first-order chi connectivity index (χ1) is 10.1. The maximum Gasteiger partial charge on any atom is 0.249 e. The lowest BCUT2D eigenvalue weighted by Crippen LogP contribution is -2.01. The predicted octanol–water partition coefficient (Wildman–Crippen LogP) is 3.28. The van der Waals surface area contributed by atoms with E-state index in [4.69, 9.17) is 11.6 Å². The fourth-order valence-electron chi connectivity index (χ4n) is 1.96. The summed E-state index contributed by atoms with van der Waals surface area (Å²) in [5.74, 6) is 1.52. The minimum atomic E-state index is 0.412. The molecule has 2 aromatic heterocycles. The van der Waals surface area contributed by atoms with Gasteiger partial charge in [-0.3, -0.25) is 10.4 Å². The Balaban J connectivity index is 1.85. The van der Waals surface area contributed by atoms with E-state index < -0.39 is 0 Å². The molecule has 2 N–H and O–H groups in total. The minimum Gasteiger partial charge on any atom is -0.291 e. The second-order valence-electron chi connectivity index (χ2n) is 4.62. The highest BCUT2D eigenvalue weighted by Gasteiger charge is 2.08. The van der Waals surface area contributed by atoms with E-state index in [1.165, 1.54) is 0 Å². The molecular formula is C14H13ClN6. The molecule has 3 rings (SSSR count). The number of aryl methyl sites for hydroxylation is 2. The number of halogens is 1. The number of hydrogen-bond acceptors (Lipinski definition) is 5. The van der Waals surface area contributed by atoms with E-state index in [1.54, 1.807) is 0 Å². The van der Waals surface area contributed by atoms with Gasteiger partial charge in [0, 0.05) is 22.0 Å². The standard InChI is InChI=1S/C14H13ClN6/c1-8-6-9(2)17-13(16-8)19-14-18-12(20-21-14)10-4-3-5-11(15)7-10/h3-7H,1-2H3,(H2,16,17,18,19,20,21). The molecule has 0 radical (unpaired) electrons. The molecule has 3 aromatic rings. The lowest BCUT2D eigenvalue weighted by atomic mass is 10.2. The van der Waals surface area contributed by atoms with E-state index in [-0.39, 0.29) is 0 Å². The fraction of sp³-hybridized carbons (Fsp3) is 0.143. The van der Waals surface area contributed by atoms with Crippen LogP contribution in [0.25, 0.3) is 11.4 Å². The second kappa shape index (κ2) is 5.49. The molecule has 0 fully saturated rings. The van der Waals surface area contributed by atoms with E-state index in [2.05, 4.69) is 30.5 Å². The molecule has 0 atom stereocenters. The number of benzene rings is 1. The molecule has 6 nitrogen and oxygen atoms in total. The molecule has 0 saturated heterocycles. The van der Waals surface area contributed by atoms with Crippen LogP contribution < -0.4 is 5.32 Å². The Morgan fingerprint density at radius 3 is 2.48 bits per heavy atom. The number of aromatic nitrogens is 5. The summed E-state index contributed by atoms with van der Waals surface area (Å²) in [7, 11) is 0. The highest BCUT2D eigenvalue weighted by molar-refractivity contribution is 6.30. The van der Waals surface area contributed by atoms with Gasteiger partial charge in [0.2, 0.25) is 11.9 Å². The number of anilines is 2. The van der Waals surface area contributed by atoms with Crippen LogP contribution in [0.4, 0.5) is 11.9 Å². The van der Waals surface area contributed by atoms with Crippen molar-refractivity contribution in [3.8, 4) is 11.4 Å². The number of H-pyrrole nitrogens is 1. The number of nitrogens with zero attached hydrogens (tertiary/aromatic N) is 4. The molecular weight excluding hydrogens is 288 g/mol. The smallest absolute Gasteiger partial charge is 0.249 e. The molecule has 21 heavy (non-hydrogen) atoms. The number of nitrogens with one attached hydrogen (secondary N) is 2. The molecule has 1 aromatic carbocycles. The molecule has 7 heteroatoms. The third-order valence-electron chi connectivity index (χ3n) is 2.79. The Labute approximate surface area is 126 Å². The van der Waals surface area contributed by atoms with Gasteiger partial charge in [0.25, 0.3) is 0 Å². The van der Waals surface area contributed by atoms with Crippen LogP contribution in [0.2, 0.25) is 5.02 Å². The minimum absolute atomic E-state index is 0.412. The summed E-state index contributed by atoms with van der Waals surface area (Å²) in [6.45, 7) is 3.82. The Morgan fingerprint density at radius 2 is 1.76 bits per heavy atom. The van der Waals surface area contributed by atoms with Crippen molar-refractivity contribution in [2.24, 2.45) is 0 Å². The maximum atomic E-state index is 5.97. The molecule has 0 aliphatic carbocycles. The summed E-state index contributed by atoms with van der Waals surface area (Å²) < 4.78 is 0. The van der Waals surface area contributed by atoms with Gasteiger partial charge in [0.1, 0.15) is 0 Å². The fourth-order valence-corrected chi connectivity index (χ4v) is 2.15. The van der Waals surface area contributed by atoms with Gasteiger partial charge in [0.05, 0.1) is 0 Å². The van der Waals surface area contributed by atoms with Gasteiger partial charge in [0.15, 0.2) is 5.82 Å². The van der Waals surface area contributed by atoms with Crippen LogP contribution in [0.15, 0.2) is 30.3 Å². The van der Waals surface area contributed by atoms with Gasteiger partial charge < -0.3 is 0 Å². The first-order valence-corrected chi connectivity index (χ1v) is 6.75. The van der Waals surface area contributed by atoms with Crippen LogP contribution in [-0.2, 0) is 0 Å². The summed E-state index contributed by atoms with van der Waals surface area (Å²) in [5.41, 5.74) is 2.63. The van der Waals surface area contributed by atoms with Crippen LogP contribution >= 0.6 is 11.6 Å². The van der Waals surface area contributed by atoms with E-state index in [1.807, 2.05) is 44.2 Å². The largest absolute Gasteiger partial charge is 0.291 e. The summed E-state index contributed by atoms with van der Waals surface area (Å²) in [6, 6.07) is 9.30. The Hall–Kier alpha value is -2.47. The maximum absolute atomic E-state index is 5.97. The van der Waals surface area contributed by atoms with Gasteiger partial charge in [-0.25, -0.2) is 9.97 Å². The zero-order valence-electron chi connectivity index (χ0n) is 11.6. The number of hydrogen-bond donors (Lipinski definition) is 2. The quantitative estimate of drug-likeness (QED) is 0.776. The molecule has 0 aliphatic rings. The first-order valence-electron chi connectivity index (χ1n) is 6.38. The summed E-state index contributed by atoms with van der Waals surface area (Å²) in [5, 5.41) is 10.6. The van der Waals surface area contributed by atoms with Crippen molar-refractivity contribution in [1.82, 2.24) is 25.1 Å². The lowest BCUT2D eigenvalue weighted by Gasteiger charge is -2.02. The third kappa shape index (κ3) is 3.17. The molecule has 0 aliphatic heterocycles. The molecule has 0 saturated carbocycles. The summed E-state index contributed by atoms with van der Waals surface area (Å²) in [4.78, 5) is 12.9. The first kappa shape index (κ1) is 13.5. The van der Waals surface area contributed by atoms with Crippen molar-refractivity contribution in [1.29, 1.82) is 0 Å². The van der Waals surface area contributed by atoms with Crippen molar-refractivity contribution in [2.75, 3.05) is 5.32 Å². The van der Waals surface area contributed by atoms with Gasteiger partial charge in [-0.05, 0) is 32.0 Å². The van der Waals surface area contributed by atoms with Crippen molar-refractivity contribution < 1.29 is 0 Å². The second-order valence-corrected chi connectivity index (χ2v) is 5.05. The van der Waals surface area contributed by atoms with Crippen molar-refractivity contribution in [3.05, 3.63) is 46.7 Å². The monoisotopic (exact) mass is 300 g/mol. The van der Waals surface area contributed by atoms with Crippen LogP contribution in [-0.4, -0.2) is 25.1 Å². The highest BCUT2D eigenvalue weighted by atomic mass is 35.5. The van der Waals surface area contributed by atoms with Gasteiger partial charge in [-0.2, -0.15) is 4.98 Å². The number of rotatable bonds is 3. The van der Waals surface area contributed by atoms with Crippen molar-refractivity contribution in [3.63, 3.8) is 0 Å². The van der Waals surface area contributed by atoms with Crippen molar-refractivity contribution >= 4 is 23.5 Å². The molecule has 0 spiro atoms. The molecule has 0 unspecified atom stereocenters. The average Bonchev–Trinajstić information content (AvgIpc) is 2.86. The Kier molecular flexibility index (Phi) is 3.53. The molecule has 2 heterocycles. The van der Waals surface area contributed by atoms with Gasteiger partial charge >= 0.3 is 0 Å². The topological polar surface area (TPSA) is 79.4 Å². The van der Waals surface area contributed by atoms with Crippen molar-refractivity contribution in [2.45, 2.75) is 13.8 Å². The molecule has 0 amide bonds. The normalized spacial score (nSPS) is 10.6. The van der Waals surface area contributed by atoms with E-state index in [9.17, 15) is 0 Å². The summed E-state index contributed by atoms with van der Waals surface area (Å²) in [6.07, 6.45) is 0. The third-order valence-corrected chi connectivity index (χ3v) is 3.02. The zero-order chi connectivity index (χ0) is 14.8. The molecule has 0 bridgehead atoms. The van der Waals surface area contributed by atoms with Crippen LogP contribution in [0.1, 0.15) is 11.4 Å². The van der Waals surface area contributed by atoms with E-state index in [0.29, 0.717) is 22.7 Å². The van der Waals surface area contributed by atoms with Crippen LogP contribution in [0, 0.1) is 13.8 Å². The Morgan fingerprint density at radius 1 is 1.00 bits per heavy atom. The number of aromatic amines is 1. The predicted molar refractivity (Wildman–Crippen MR) is 81.6 cm³/mol.